The Labute approximate surface area is 137 Å². The fraction of sp³-hybridized carbons (Fsp3) is 0.643. The van der Waals surface area contributed by atoms with Crippen molar-refractivity contribution in [3.63, 3.8) is 0 Å². The van der Waals surface area contributed by atoms with Crippen LogP contribution in [0, 0.1) is 0 Å². The lowest BCUT2D eigenvalue weighted by molar-refractivity contribution is -0.120. The molecule has 8 heteroatoms. The number of hydrogen-bond acceptors (Lipinski definition) is 5. The highest BCUT2D eigenvalue weighted by Gasteiger charge is 2.23. The van der Waals surface area contributed by atoms with Crippen LogP contribution >= 0.6 is 11.3 Å². The molecule has 0 spiro atoms. The molecule has 0 saturated carbocycles. The van der Waals surface area contributed by atoms with Gasteiger partial charge < -0.3 is 10.6 Å². The number of carbonyl (C=O) groups excluding carboxylic acids is 1. The molecule has 1 amide bonds. The lowest BCUT2D eigenvalue weighted by Crippen LogP contribution is -2.30. The average molecular weight is 348 g/mol. The maximum Gasteiger partial charge on any atom is 0.252 e. The Morgan fingerprint density at radius 2 is 1.91 bits per heavy atom. The van der Waals surface area contributed by atoms with E-state index in [9.17, 15) is 13.2 Å². The van der Waals surface area contributed by atoms with E-state index in [1.807, 2.05) is 19.9 Å². The predicted octanol–water partition coefficient (Wildman–Crippen LogP) is 1.05. The molecule has 1 aromatic rings. The molecule has 0 fully saturated rings. The summed E-state index contributed by atoms with van der Waals surface area (Å²) in [6.07, 6.45) is 1.09. The Morgan fingerprint density at radius 3 is 2.50 bits per heavy atom. The predicted molar refractivity (Wildman–Crippen MR) is 89.7 cm³/mol. The van der Waals surface area contributed by atoms with Crippen LogP contribution in [0.5, 0.6) is 0 Å². The molecule has 126 valence electrons. The zero-order chi connectivity index (χ0) is 16.6. The van der Waals surface area contributed by atoms with Crippen LogP contribution in [0.2, 0.25) is 0 Å². The molecule has 0 aromatic carbocycles. The van der Waals surface area contributed by atoms with Gasteiger partial charge in [-0.25, -0.2) is 8.42 Å². The van der Waals surface area contributed by atoms with Gasteiger partial charge in [-0.05, 0) is 25.6 Å². The summed E-state index contributed by atoms with van der Waals surface area (Å²) in [7, 11) is -1.58. The van der Waals surface area contributed by atoms with Crippen LogP contribution in [0.25, 0.3) is 0 Å². The normalized spacial score (nSPS) is 11.8. The van der Waals surface area contributed by atoms with Crippen molar-refractivity contribution in [3.8, 4) is 0 Å². The van der Waals surface area contributed by atoms with E-state index in [1.165, 1.54) is 15.6 Å². The minimum absolute atomic E-state index is 0.00175. The molecular formula is C14H25N3O3S2. The lowest BCUT2D eigenvalue weighted by Gasteiger charge is -2.16. The number of thiophene rings is 1. The first kappa shape index (κ1) is 19.1. The smallest absolute Gasteiger partial charge is 0.252 e. The Morgan fingerprint density at radius 1 is 1.23 bits per heavy atom. The second-order valence-corrected chi connectivity index (χ2v) is 8.10. The molecule has 0 aliphatic carbocycles. The van der Waals surface area contributed by atoms with E-state index in [2.05, 4.69) is 10.6 Å². The van der Waals surface area contributed by atoms with Crippen LogP contribution in [-0.2, 0) is 21.2 Å². The van der Waals surface area contributed by atoms with Gasteiger partial charge in [0.05, 0.1) is 0 Å². The first-order chi connectivity index (χ1) is 10.5. The van der Waals surface area contributed by atoms with E-state index in [0.29, 0.717) is 43.2 Å². The largest absolute Gasteiger partial charge is 0.356 e. The highest BCUT2D eigenvalue weighted by molar-refractivity contribution is 7.91. The Kier molecular flexibility index (Phi) is 8.02. The summed E-state index contributed by atoms with van der Waals surface area (Å²) in [5.74, 6) is 0.00175. The van der Waals surface area contributed by atoms with Gasteiger partial charge in [0, 0.05) is 37.5 Å². The van der Waals surface area contributed by atoms with Crippen molar-refractivity contribution in [1.82, 2.24) is 14.9 Å². The summed E-state index contributed by atoms with van der Waals surface area (Å²) in [4.78, 5) is 12.4. The lowest BCUT2D eigenvalue weighted by atomic mass is 10.3. The minimum Gasteiger partial charge on any atom is -0.356 e. The van der Waals surface area contributed by atoms with Crippen molar-refractivity contribution in [2.45, 2.75) is 30.9 Å². The molecule has 0 unspecified atom stereocenters. The Bertz CT molecular complexity index is 566. The van der Waals surface area contributed by atoms with Crippen LogP contribution in [0.15, 0.2) is 16.3 Å². The molecule has 0 aliphatic rings. The van der Waals surface area contributed by atoms with Crippen molar-refractivity contribution in [1.29, 1.82) is 0 Å². The van der Waals surface area contributed by atoms with E-state index in [-0.39, 0.29) is 5.91 Å². The molecule has 6 nitrogen and oxygen atoms in total. The molecule has 2 N–H and O–H groups in total. The van der Waals surface area contributed by atoms with E-state index < -0.39 is 10.0 Å². The standard InChI is InChI=1S/C14H25N3O3S2/c1-4-17(5-2)22(19,20)14-7-6-12(21-14)8-11-16-13(18)9-10-15-3/h6-7,15H,4-5,8-11H2,1-3H3,(H,16,18). The molecular weight excluding hydrogens is 322 g/mol. The minimum atomic E-state index is -3.38. The van der Waals surface area contributed by atoms with Crippen molar-refractivity contribution < 1.29 is 13.2 Å². The van der Waals surface area contributed by atoms with Crippen molar-refractivity contribution in [2.75, 3.05) is 33.2 Å². The fourth-order valence-corrected chi connectivity index (χ4v) is 4.94. The van der Waals surface area contributed by atoms with Crippen molar-refractivity contribution in [2.24, 2.45) is 0 Å². The molecule has 1 heterocycles. The molecule has 22 heavy (non-hydrogen) atoms. The number of amides is 1. The van der Waals surface area contributed by atoms with Gasteiger partial charge in [-0.15, -0.1) is 11.3 Å². The van der Waals surface area contributed by atoms with E-state index in [4.69, 9.17) is 0 Å². The second kappa shape index (κ2) is 9.24. The average Bonchev–Trinajstić information content (AvgIpc) is 2.95. The number of nitrogens with zero attached hydrogens (tertiary/aromatic N) is 1. The van der Waals surface area contributed by atoms with Gasteiger partial charge in [0.15, 0.2) is 0 Å². The maximum atomic E-state index is 12.4. The first-order valence-corrected chi connectivity index (χ1v) is 9.71. The molecule has 0 bridgehead atoms. The third kappa shape index (κ3) is 5.35. The monoisotopic (exact) mass is 347 g/mol. The summed E-state index contributed by atoms with van der Waals surface area (Å²) in [6.45, 7) is 5.76. The highest BCUT2D eigenvalue weighted by Crippen LogP contribution is 2.25. The topological polar surface area (TPSA) is 78.5 Å². The Balaban J connectivity index is 2.56. The maximum absolute atomic E-state index is 12.4. The molecule has 0 atom stereocenters. The first-order valence-electron chi connectivity index (χ1n) is 7.45. The van der Waals surface area contributed by atoms with Gasteiger partial charge in [0.1, 0.15) is 4.21 Å². The van der Waals surface area contributed by atoms with E-state index in [1.54, 1.807) is 13.1 Å². The summed E-state index contributed by atoms with van der Waals surface area (Å²) < 4.78 is 26.6. The van der Waals surface area contributed by atoms with Crippen LogP contribution in [0.3, 0.4) is 0 Å². The number of hydrogen-bond donors (Lipinski definition) is 2. The van der Waals surface area contributed by atoms with Gasteiger partial charge in [-0.3, -0.25) is 4.79 Å². The third-order valence-corrected chi connectivity index (χ3v) is 6.89. The molecule has 1 aromatic heterocycles. The summed E-state index contributed by atoms with van der Waals surface area (Å²) in [6, 6.07) is 3.47. The summed E-state index contributed by atoms with van der Waals surface area (Å²) >= 11 is 1.28. The quantitative estimate of drug-likeness (QED) is 0.663. The fourth-order valence-electron chi connectivity index (χ4n) is 1.97. The van der Waals surface area contributed by atoms with Crippen molar-refractivity contribution >= 4 is 27.3 Å². The molecule has 0 radical (unpaired) electrons. The van der Waals surface area contributed by atoms with Crippen LogP contribution < -0.4 is 10.6 Å². The Hall–Kier alpha value is -0.960. The van der Waals surface area contributed by atoms with Crippen LogP contribution in [-0.4, -0.2) is 51.9 Å². The van der Waals surface area contributed by atoms with E-state index >= 15 is 0 Å². The zero-order valence-corrected chi connectivity index (χ0v) is 15.0. The molecule has 1 rings (SSSR count). The number of carbonyl (C=O) groups is 1. The van der Waals surface area contributed by atoms with Gasteiger partial charge in [0.2, 0.25) is 5.91 Å². The van der Waals surface area contributed by atoms with Crippen molar-refractivity contribution in [3.05, 3.63) is 17.0 Å². The molecule has 0 aliphatic heterocycles. The number of nitrogens with one attached hydrogen (secondary N) is 2. The van der Waals surface area contributed by atoms with Gasteiger partial charge in [-0.1, -0.05) is 13.8 Å². The molecule has 0 saturated heterocycles. The summed E-state index contributed by atoms with van der Waals surface area (Å²) in [5, 5.41) is 5.75. The zero-order valence-electron chi connectivity index (χ0n) is 13.4. The van der Waals surface area contributed by atoms with Gasteiger partial charge >= 0.3 is 0 Å². The second-order valence-electron chi connectivity index (χ2n) is 4.76. The number of sulfonamides is 1. The van der Waals surface area contributed by atoms with Crippen LogP contribution in [0.4, 0.5) is 0 Å². The SMILES string of the molecule is CCN(CC)S(=O)(=O)c1ccc(CCNC(=O)CCNC)s1. The number of rotatable bonds is 10. The van der Waals surface area contributed by atoms with Crippen LogP contribution in [0.1, 0.15) is 25.1 Å². The highest BCUT2D eigenvalue weighted by atomic mass is 32.2. The van der Waals surface area contributed by atoms with Gasteiger partial charge in [-0.2, -0.15) is 4.31 Å². The van der Waals surface area contributed by atoms with Gasteiger partial charge in [0.25, 0.3) is 10.0 Å². The third-order valence-electron chi connectivity index (χ3n) is 3.23. The van der Waals surface area contributed by atoms with E-state index in [0.717, 1.165) is 4.88 Å². The summed E-state index contributed by atoms with van der Waals surface area (Å²) in [5.41, 5.74) is 0.